The molecule has 1 heterocycles. The number of benzene rings is 1. The Balaban J connectivity index is 2.90. The molecule has 0 saturated carbocycles. The summed E-state index contributed by atoms with van der Waals surface area (Å²) in [4.78, 5) is 37.4. The number of carboxylic acid groups (broad SMARTS) is 1. The number of aromatic carboxylic acids is 1. The average molecular weight is 221 g/mol. The monoisotopic (exact) mass is 221 g/mol. The van der Waals surface area contributed by atoms with Crippen LogP contribution in [0, 0.1) is 0 Å². The minimum atomic E-state index is -1.20. The topological polar surface area (TPSA) is 129 Å². The van der Waals surface area contributed by atoms with E-state index in [1.807, 2.05) is 0 Å². The first-order valence-electron chi connectivity index (χ1n) is 4.28. The van der Waals surface area contributed by atoms with Crippen molar-refractivity contribution in [2.24, 2.45) is 0 Å². The molecule has 0 aliphatic rings. The molecular formula is C9H7N3O4. The number of carboxylic acids is 1. The van der Waals surface area contributed by atoms with Crippen molar-refractivity contribution in [3.8, 4) is 0 Å². The summed E-state index contributed by atoms with van der Waals surface area (Å²) in [5, 5.41) is 8.81. The van der Waals surface area contributed by atoms with E-state index < -0.39 is 17.1 Å². The van der Waals surface area contributed by atoms with Crippen molar-refractivity contribution in [1.29, 1.82) is 0 Å². The van der Waals surface area contributed by atoms with Gasteiger partial charge < -0.3 is 20.8 Å². The van der Waals surface area contributed by atoms with Crippen molar-refractivity contribution in [1.82, 2.24) is 9.97 Å². The molecule has 0 unspecified atom stereocenters. The maximum Gasteiger partial charge on any atom is 0.337 e. The lowest BCUT2D eigenvalue weighted by Gasteiger charge is -2.03. The third-order valence-electron chi connectivity index (χ3n) is 2.12. The summed E-state index contributed by atoms with van der Waals surface area (Å²) in [6.45, 7) is 0. The zero-order valence-corrected chi connectivity index (χ0v) is 7.90. The summed E-state index contributed by atoms with van der Waals surface area (Å²) in [6, 6.07) is 2.49. The van der Waals surface area contributed by atoms with Gasteiger partial charge in [0, 0.05) is 5.69 Å². The number of nitrogens with one attached hydrogen (secondary N) is 2. The van der Waals surface area contributed by atoms with E-state index in [9.17, 15) is 14.4 Å². The van der Waals surface area contributed by atoms with Gasteiger partial charge in [0.05, 0.1) is 16.6 Å². The summed E-state index contributed by atoms with van der Waals surface area (Å²) >= 11 is 0. The van der Waals surface area contributed by atoms with Crippen molar-refractivity contribution >= 4 is 22.7 Å². The van der Waals surface area contributed by atoms with Gasteiger partial charge in [-0.3, -0.25) is 9.59 Å². The van der Waals surface area contributed by atoms with Gasteiger partial charge in [-0.2, -0.15) is 0 Å². The van der Waals surface area contributed by atoms with Crippen LogP contribution in [-0.2, 0) is 0 Å². The lowest BCUT2D eigenvalue weighted by atomic mass is 10.1. The molecule has 5 N–H and O–H groups in total. The predicted octanol–water partition coefficient (Wildman–Crippen LogP) is -0.503. The van der Waals surface area contributed by atoms with Crippen LogP contribution in [0.25, 0.3) is 11.0 Å². The first-order valence-corrected chi connectivity index (χ1v) is 4.28. The molecule has 0 aliphatic heterocycles. The fourth-order valence-corrected chi connectivity index (χ4v) is 1.37. The Kier molecular flexibility index (Phi) is 2.01. The summed E-state index contributed by atoms with van der Waals surface area (Å²) in [5.74, 6) is -1.20. The maximum atomic E-state index is 11.0. The van der Waals surface area contributed by atoms with Crippen LogP contribution >= 0.6 is 0 Å². The molecule has 2 rings (SSSR count). The molecule has 0 spiro atoms. The molecule has 7 nitrogen and oxygen atoms in total. The largest absolute Gasteiger partial charge is 0.478 e. The summed E-state index contributed by atoms with van der Waals surface area (Å²) in [5.41, 5.74) is 4.22. The van der Waals surface area contributed by atoms with Crippen LogP contribution in [0.3, 0.4) is 0 Å². The molecule has 82 valence electrons. The van der Waals surface area contributed by atoms with E-state index in [0.717, 1.165) is 0 Å². The second kappa shape index (κ2) is 3.23. The van der Waals surface area contributed by atoms with Crippen LogP contribution in [0.4, 0.5) is 5.69 Å². The van der Waals surface area contributed by atoms with E-state index in [0.29, 0.717) is 0 Å². The molecule has 0 amide bonds. The van der Waals surface area contributed by atoms with E-state index in [1.165, 1.54) is 12.1 Å². The van der Waals surface area contributed by atoms with Gasteiger partial charge in [-0.25, -0.2) is 4.79 Å². The number of hydrogen-bond acceptors (Lipinski definition) is 4. The van der Waals surface area contributed by atoms with Gasteiger partial charge in [0.1, 0.15) is 0 Å². The van der Waals surface area contributed by atoms with Gasteiger partial charge >= 0.3 is 17.1 Å². The zero-order valence-electron chi connectivity index (χ0n) is 7.90. The SMILES string of the molecule is Nc1cc2[nH]c(=O)c(=O)[nH]c2cc1C(=O)O. The Morgan fingerprint density at radius 1 is 1.12 bits per heavy atom. The molecule has 16 heavy (non-hydrogen) atoms. The van der Waals surface area contributed by atoms with Crippen LogP contribution < -0.4 is 16.9 Å². The number of rotatable bonds is 1. The average Bonchev–Trinajstić information content (AvgIpc) is 2.19. The van der Waals surface area contributed by atoms with Crippen molar-refractivity contribution in [3.63, 3.8) is 0 Å². The Morgan fingerprint density at radius 2 is 1.62 bits per heavy atom. The van der Waals surface area contributed by atoms with Gasteiger partial charge in [-0.15, -0.1) is 0 Å². The number of carbonyl (C=O) groups is 1. The standard InChI is InChI=1S/C9H7N3O4/c10-4-2-6-5(1-3(4)9(15)16)11-7(13)8(14)12-6/h1-2H,10H2,(H,11,13)(H,12,14)(H,15,16). The second-order valence-electron chi connectivity index (χ2n) is 3.20. The first kappa shape index (κ1) is 9.97. The van der Waals surface area contributed by atoms with Gasteiger partial charge in [0.15, 0.2) is 0 Å². The number of aromatic nitrogens is 2. The zero-order chi connectivity index (χ0) is 11.9. The maximum absolute atomic E-state index is 11.0. The Bertz CT molecular complexity index is 698. The fourth-order valence-electron chi connectivity index (χ4n) is 1.37. The molecule has 1 aromatic carbocycles. The summed E-state index contributed by atoms with van der Waals surface area (Å²) in [7, 11) is 0. The molecule has 0 saturated heterocycles. The minimum absolute atomic E-state index is 0.0164. The highest BCUT2D eigenvalue weighted by Gasteiger charge is 2.10. The summed E-state index contributed by atoms with van der Waals surface area (Å²) in [6.07, 6.45) is 0. The molecule has 0 bridgehead atoms. The Hall–Kier alpha value is -2.57. The van der Waals surface area contributed by atoms with E-state index in [2.05, 4.69) is 9.97 Å². The van der Waals surface area contributed by atoms with Gasteiger partial charge in [-0.05, 0) is 12.1 Å². The smallest absolute Gasteiger partial charge is 0.337 e. The number of nitrogens with two attached hydrogens (primary N) is 1. The van der Waals surface area contributed by atoms with Crippen molar-refractivity contribution < 1.29 is 9.90 Å². The molecule has 0 radical (unpaired) electrons. The predicted molar refractivity (Wildman–Crippen MR) is 56.6 cm³/mol. The highest BCUT2D eigenvalue weighted by atomic mass is 16.4. The number of anilines is 1. The van der Waals surface area contributed by atoms with Crippen molar-refractivity contribution in [2.75, 3.05) is 5.73 Å². The molecule has 0 atom stereocenters. The molecule has 0 fully saturated rings. The lowest BCUT2D eigenvalue weighted by molar-refractivity contribution is 0.0698. The number of H-pyrrole nitrogens is 2. The highest BCUT2D eigenvalue weighted by molar-refractivity contribution is 5.98. The van der Waals surface area contributed by atoms with Crippen LogP contribution in [0.2, 0.25) is 0 Å². The third-order valence-corrected chi connectivity index (χ3v) is 2.12. The van der Waals surface area contributed by atoms with Crippen molar-refractivity contribution in [3.05, 3.63) is 38.4 Å². The Morgan fingerprint density at radius 3 is 2.12 bits per heavy atom. The summed E-state index contributed by atoms with van der Waals surface area (Å²) < 4.78 is 0. The normalized spacial score (nSPS) is 10.5. The molecular weight excluding hydrogens is 214 g/mol. The van der Waals surface area contributed by atoms with Crippen LogP contribution in [-0.4, -0.2) is 21.0 Å². The van der Waals surface area contributed by atoms with Crippen LogP contribution in [0.5, 0.6) is 0 Å². The van der Waals surface area contributed by atoms with E-state index in [-0.39, 0.29) is 22.3 Å². The number of nitrogen functional groups attached to an aromatic ring is 1. The molecule has 7 heteroatoms. The van der Waals surface area contributed by atoms with Gasteiger partial charge in [-0.1, -0.05) is 0 Å². The Labute approximate surface area is 87.5 Å². The van der Waals surface area contributed by atoms with Crippen molar-refractivity contribution in [2.45, 2.75) is 0 Å². The molecule has 1 aromatic heterocycles. The molecule has 2 aromatic rings. The van der Waals surface area contributed by atoms with Gasteiger partial charge in [0.2, 0.25) is 0 Å². The van der Waals surface area contributed by atoms with Gasteiger partial charge in [0.25, 0.3) is 0 Å². The molecule has 0 aliphatic carbocycles. The van der Waals surface area contributed by atoms with E-state index in [4.69, 9.17) is 10.8 Å². The van der Waals surface area contributed by atoms with E-state index in [1.54, 1.807) is 0 Å². The number of fused-ring (bicyclic) bond motifs is 1. The third kappa shape index (κ3) is 1.44. The quantitative estimate of drug-likeness (QED) is 0.381. The number of hydrogen-bond donors (Lipinski definition) is 4. The second-order valence-corrected chi connectivity index (χ2v) is 3.20. The fraction of sp³-hybridized carbons (Fsp3) is 0. The number of aromatic amines is 2. The van der Waals surface area contributed by atoms with E-state index >= 15 is 0 Å². The van der Waals surface area contributed by atoms with Crippen LogP contribution in [0.15, 0.2) is 21.7 Å². The minimum Gasteiger partial charge on any atom is -0.478 e. The van der Waals surface area contributed by atoms with Crippen LogP contribution in [0.1, 0.15) is 10.4 Å². The lowest BCUT2D eigenvalue weighted by Crippen LogP contribution is -2.29. The first-order chi connectivity index (χ1) is 7.49. The highest BCUT2D eigenvalue weighted by Crippen LogP contribution is 2.17.